The Hall–Kier alpha value is -1.10. The smallest absolute Gasteiger partial charge is 0.167 e. The SMILES string of the molecule is CCCOc1cc(N2CCSC(C)(C)CC2)c(N)cc1F. The summed E-state index contributed by atoms with van der Waals surface area (Å²) in [4.78, 5) is 2.25. The highest BCUT2D eigenvalue weighted by atomic mass is 32.2. The Morgan fingerprint density at radius 3 is 2.86 bits per heavy atom. The van der Waals surface area contributed by atoms with Crippen LogP contribution in [0.2, 0.25) is 0 Å². The molecular weight excluding hydrogens is 287 g/mol. The van der Waals surface area contributed by atoms with Gasteiger partial charge in [0.05, 0.1) is 18.0 Å². The number of nitrogen functional groups attached to an aromatic ring is 1. The molecule has 0 bridgehead atoms. The van der Waals surface area contributed by atoms with Crippen LogP contribution in [-0.2, 0) is 0 Å². The van der Waals surface area contributed by atoms with E-state index in [2.05, 4.69) is 18.7 Å². The minimum Gasteiger partial charge on any atom is -0.490 e. The Balaban J connectivity index is 2.21. The molecule has 1 fully saturated rings. The number of hydrogen-bond donors (Lipinski definition) is 1. The lowest BCUT2D eigenvalue weighted by Gasteiger charge is -2.26. The van der Waals surface area contributed by atoms with E-state index in [0.717, 1.165) is 37.4 Å². The lowest BCUT2D eigenvalue weighted by Crippen LogP contribution is -2.27. The minimum atomic E-state index is -0.380. The summed E-state index contributed by atoms with van der Waals surface area (Å²) in [5, 5.41) is 0. The van der Waals surface area contributed by atoms with Gasteiger partial charge in [-0.3, -0.25) is 0 Å². The average Bonchev–Trinajstić information content (AvgIpc) is 2.59. The van der Waals surface area contributed by atoms with Crippen LogP contribution in [0.3, 0.4) is 0 Å². The standard InChI is InChI=1S/C16H25FN2OS/c1-4-8-20-15-11-14(13(18)10-12(15)17)19-6-5-16(2,3)21-9-7-19/h10-11H,4-9,18H2,1-3H3. The molecule has 3 nitrogen and oxygen atoms in total. The molecule has 0 radical (unpaired) electrons. The van der Waals surface area contributed by atoms with E-state index in [1.807, 2.05) is 18.7 Å². The Bertz CT molecular complexity index is 493. The summed E-state index contributed by atoms with van der Waals surface area (Å²) >= 11 is 1.98. The number of ether oxygens (including phenoxy) is 1. The van der Waals surface area contributed by atoms with Crippen LogP contribution in [0, 0.1) is 5.82 Å². The molecule has 0 amide bonds. The number of rotatable bonds is 4. The van der Waals surface area contributed by atoms with Crippen LogP contribution in [-0.4, -0.2) is 30.2 Å². The summed E-state index contributed by atoms with van der Waals surface area (Å²) < 4.78 is 19.7. The number of nitrogens with zero attached hydrogens (tertiary/aromatic N) is 1. The maximum Gasteiger partial charge on any atom is 0.167 e. The van der Waals surface area contributed by atoms with Crippen LogP contribution in [0.4, 0.5) is 15.8 Å². The first-order valence-corrected chi connectivity index (χ1v) is 8.52. The zero-order chi connectivity index (χ0) is 15.5. The Labute approximate surface area is 131 Å². The molecule has 0 aliphatic carbocycles. The third-order valence-corrected chi connectivity index (χ3v) is 5.09. The second-order valence-electron chi connectivity index (χ2n) is 6.04. The van der Waals surface area contributed by atoms with E-state index in [-0.39, 0.29) is 10.6 Å². The van der Waals surface area contributed by atoms with Gasteiger partial charge in [-0.2, -0.15) is 11.8 Å². The van der Waals surface area contributed by atoms with Crippen LogP contribution in [0.15, 0.2) is 12.1 Å². The zero-order valence-corrected chi connectivity index (χ0v) is 13.9. The molecule has 1 aliphatic rings. The van der Waals surface area contributed by atoms with Gasteiger partial charge >= 0.3 is 0 Å². The number of hydrogen-bond acceptors (Lipinski definition) is 4. The predicted molar refractivity (Wildman–Crippen MR) is 90.0 cm³/mol. The van der Waals surface area contributed by atoms with Crippen molar-refractivity contribution in [2.75, 3.05) is 36.1 Å². The minimum absolute atomic E-state index is 0.283. The van der Waals surface area contributed by atoms with Crippen LogP contribution in [0.25, 0.3) is 0 Å². The van der Waals surface area contributed by atoms with Crippen molar-refractivity contribution in [1.29, 1.82) is 0 Å². The van der Waals surface area contributed by atoms with Crippen molar-refractivity contribution in [2.24, 2.45) is 0 Å². The van der Waals surface area contributed by atoms with Crippen molar-refractivity contribution in [3.8, 4) is 5.75 Å². The summed E-state index contributed by atoms with van der Waals surface area (Å²) in [5.41, 5.74) is 7.40. The first-order chi connectivity index (χ1) is 9.93. The molecule has 0 unspecified atom stereocenters. The van der Waals surface area contributed by atoms with Crippen LogP contribution in [0.5, 0.6) is 5.75 Å². The van der Waals surface area contributed by atoms with E-state index >= 15 is 0 Å². The predicted octanol–water partition coefficient (Wildman–Crippen LogP) is 3.92. The molecule has 0 atom stereocenters. The largest absolute Gasteiger partial charge is 0.490 e. The van der Waals surface area contributed by atoms with Crippen LogP contribution in [0.1, 0.15) is 33.6 Å². The number of nitrogens with two attached hydrogens (primary N) is 1. The molecule has 21 heavy (non-hydrogen) atoms. The van der Waals surface area contributed by atoms with Gasteiger partial charge < -0.3 is 15.4 Å². The first-order valence-electron chi connectivity index (χ1n) is 7.53. The van der Waals surface area contributed by atoms with Gasteiger partial charge in [0.15, 0.2) is 11.6 Å². The van der Waals surface area contributed by atoms with Crippen molar-refractivity contribution in [2.45, 2.75) is 38.4 Å². The Morgan fingerprint density at radius 1 is 1.38 bits per heavy atom. The van der Waals surface area contributed by atoms with E-state index in [9.17, 15) is 4.39 Å². The van der Waals surface area contributed by atoms with Crippen molar-refractivity contribution in [3.63, 3.8) is 0 Å². The summed E-state index contributed by atoms with van der Waals surface area (Å²) in [6, 6.07) is 3.13. The molecule has 1 aromatic carbocycles. The lowest BCUT2D eigenvalue weighted by molar-refractivity contribution is 0.301. The average molecular weight is 312 g/mol. The van der Waals surface area contributed by atoms with Gasteiger partial charge in [-0.05, 0) is 12.8 Å². The van der Waals surface area contributed by atoms with Gasteiger partial charge in [0, 0.05) is 35.7 Å². The monoisotopic (exact) mass is 312 g/mol. The van der Waals surface area contributed by atoms with Gasteiger partial charge in [-0.1, -0.05) is 20.8 Å². The van der Waals surface area contributed by atoms with Crippen molar-refractivity contribution in [1.82, 2.24) is 0 Å². The van der Waals surface area contributed by atoms with Crippen LogP contribution < -0.4 is 15.4 Å². The number of halogens is 1. The lowest BCUT2D eigenvalue weighted by atomic mass is 10.1. The third kappa shape index (κ3) is 4.19. The summed E-state index contributed by atoms with van der Waals surface area (Å²) in [7, 11) is 0. The fourth-order valence-electron chi connectivity index (χ4n) is 2.42. The van der Waals surface area contributed by atoms with Gasteiger partial charge in [0.2, 0.25) is 0 Å². The second-order valence-corrected chi connectivity index (χ2v) is 7.84. The highest BCUT2D eigenvalue weighted by molar-refractivity contribution is 8.00. The van der Waals surface area contributed by atoms with Crippen LogP contribution >= 0.6 is 11.8 Å². The summed E-state index contributed by atoms with van der Waals surface area (Å²) in [6.45, 7) is 8.92. The Kier molecular flexibility index (Phi) is 5.25. The zero-order valence-electron chi connectivity index (χ0n) is 13.1. The van der Waals surface area contributed by atoms with Gasteiger partial charge in [0.25, 0.3) is 0 Å². The molecule has 1 saturated heterocycles. The van der Waals surface area contributed by atoms with Gasteiger partial charge in [0.1, 0.15) is 0 Å². The normalized spacial score (nSPS) is 18.4. The van der Waals surface area contributed by atoms with E-state index in [1.165, 1.54) is 6.07 Å². The number of thioether (sulfide) groups is 1. The molecule has 2 rings (SSSR count). The summed E-state index contributed by atoms with van der Waals surface area (Å²) in [6.07, 6.45) is 1.94. The van der Waals surface area contributed by atoms with Crippen molar-refractivity contribution < 1.29 is 9.13 Å². The van der Waals surface area contributed by atoms with Crippen molar-refractivity contribution >= 4 is 23.1 Å². The molecule has 2 N–H and O–H groups in total. The highest BCUT2D eigenvalue weighted by Gasteiger charge is 2.25. The topological polar surface area (TPSA) is 38.5 Å². The van der Waals surface area contributed by atoms with E-state index < -0.39 is 0 Å². The molecule has 1 aromatic rings. The van der Waals surface area contributed by atoms with Gasteiger partial charge in [-0.15, -0.1) is 0 Å². The highest BCUT2D eigenvalue weighted by Crippen LogP contribution is 2.36. The molecule has 0 aromatic heterocycles. The van der Waals surface area contributed by atoms with Crippen molar-refractivity contribution in [3.05, 3.63) is 17.9 Å². The molecule has 1 aliphatic heterocycles. The third-order valence-electron chi connectivity index (χ3n) is 3.72. The molecule has 5 heteroatoms. The van der Waals surface area contributed by atoms with E-state index in [1.54, 1.807) is 6.07 Å². The Morgan fingerprint density at radius 2 is 2.14 bits per heavy atom. The first kappa shape index (κ1) is 16.3. The fraction of sp³-hybridized carbons (Fsp3) is 0.625. The number of anilines is 2. The molecular formula is C16H25FN2OS. The maximum absolute atomic E-state index is 13.9. The molecule has 0 spiro atoms. The molecule has 0 saturated carbocycles. The summed E-state index contributed by atoms with van der Waals surface area (Å²) in [5.74, 6) is 0.973. The quantitative estimate of drug-likeness (QED) is 0.855. The second kappa shape index (κ2) is 6.77. The van der Waals surface area contributed by atoms with Gasteiger partial charge in [-0.25, -0.2) is 4.39 Å². The van der Waals surface area contributed by atoms with E-state index in [4.69, 9.17) is 10.5 Å². The molecule has 118 valence electrons. The molecule has 1 heterocycles. The number of benzene rings is 1. The fourth-order valence-corrected chi connectivity index (χ4v) is 3.52. The van der Waals surface area contributed by atoms with E-state index in [0.29, 0.717) is 18.0 Å². The maximum atomic E-state index is 13.9.